The van der Waals surface area contributed by atoms with E-state index in [1.54, 1.807) is 4.90 Å². The number of amides is 1. The molecule has 2 rings (SSSR count). The summed E-state index contributed by atoms with van der Waals surface area (Å²) in [5, 5.41) is 0. The van der Waals surface area contributed by atoms with E-state index in [0.29, 0.717) is 18.9 Å². The van der Waals surface area contributed by atoms with Gasteiger partial charge in [-0.3, -0.25) is 4.79 Å². The second-order valence-electron chi connectivity index (χ2n) is 7.13. The molecule has 0 aromatic carbocycles. The summed E-state index contributed by atoms with van der Waals surface area (Å²) in [5.41, 5.74) is -0.486. The predicted octanol–water partition coefficient (Wildman–Crippen LogP) is 2.90. The normalized spacial score (nSPS) is 24.1. The minimum absolute atomic E-state index is 0.144. The van der Waals surface area contributed by atoms with E-state index in [2.05, 4.69) is 0 Å². The zero-order chi connectivity index (χ0) is 14.8. The standard InChI is InChI=1S/C16H27NO3/c1-16(2,3)20-15(19)13-9-6-10-17(13)14(18)11-12-7-4-5-8-12/h12-13H,4-11H2,1-3H3/t13-/m1/s1. The van der Waals surface area contributed by atoms with E-state index in [1.807, 2.05) is 20.8 Å². The first-order valence-corrected chi connectivity index (χ1v) is 7.89. The van der Waals surface area contributed by atoms with E-state index in [0.717, 1.165) is 25.7 Å². The van der Waals surface area contributed by atoms with Gasteiger partial charge in [-0.2, -0.15) is 0 Å². The maximum atomic E-state index is 12.4. The van der Waals surface area contributed by atoms with E-state index >= 15 is 0 Å². The van der Waals surface area contributed by atoms with Crippen molar-refractivity contribution < 1.29 is 14.3 Å². The van der Waals surface area contributed by atoms with Crippen molar-refractivity contribution in [1.29, 1.82) is 0 Å². The molecule has 0 bridgehead atoms. The molecule has 1 amide bonds. The SMILES string of the molecule is CC(C)(C)OC(=O)[C@H]1CCCN1C(=O)CC1CCCC1. The quantitative estimate of drug-likeness (QED) is 0.747. The molecular formula is C16H27NO3. The van der Waals surface area contributed by atoms with Crippen LogP contribution in [0.3, 0.4) is 0 Å². The monoisotopic (exact) mass is 281 g/mol. The average molecular weight is 281 g/mol. The number of ether oxygens (including phenoxy) is 1. The van der Waals surface area contributed by atoms with Crippen molar-refractivity contribution in [1.82, 2.24) is 4.90 Å². The van der Waals surface area contributed by atoms with Crippen molar-refractivity contribution in [2.24, 2.45) is 5.92 Å². The van der Waals surface area contributed by atoms with Crippen LogP contribution in [-0.4, -0.2) is 35.0 Å². The minimum Gasteiger partial charge on any atom is -0.458 e. The van der Waals surface area contributed by atoms with Crippen LogP contribution in [0.2, 0.25) is 0 Å². The summed E-state index contributed by atoms with van der Waals surface area (Å²) in [6.45, 7) is 6.30. The number of carbonyl (C=O) groups excluding carboxylic acids is 2. The average Bonchev–Trinajstić information content (AvgIpc) is 2.96. The zero-order valence-corrected chi connectivity index (χ0v) is 13.0. The first kappa shape index (κ1) is 15.3. The molecule has 1 saturated carbocycles. The Labute approximate surface area is 121 Å². The van der Waals surface area contributed by atoms with Gasteiger partial charge in [-0.1, -0.05) is 12.8 Å². The number of esters is 1. The highest BCUT2D eigenvalue weighted by atomic mass is 16.6. The summed E-state index contributed by atoms with van der Waals surface area (Å²) in [5.74, 6) is 0.433. The van der Waals surface area contributed by atoms with Crippen LogP contribution in [0.1, 0.15) is 65.7 Å². The van der Waals surface area contributed by atoms with Crippen molar-refractivity contribution in [3.8, 4) is 0 Å². The Hall–Kier alpha value is -1.06. The summed E-state index contributed by atoms with van der Waals surface area (Å²) in [6, 6.07) is -0.358. The van der Waals surface area contributed by atoms with Crippen molar-refractivity contribution in [2.45, 2.75) is 77.4 Å². The molecule has 1 aliphatic heterocycles. The second-order valence-corrected chi connectivity index (χ2v) is 7.13. The number of hydrogen-bond donors (Lipinski definition) is 0. The molecule has 114 valence electrons. The van der Waals surface area contributed by atoms with Gasteiger partial charge >= 0.3 is 5.97 Å². The largest absolute Gasteiger partial charge is 0.458 e. The second kappa shape index (κ2) is 6.15. The van der Waals surface area contributed by atoms with Gasteiger partial charge in [-0.15, -0.1) is 0 Å². The van der Waals surface area contributed by atoms with Crippen molar-refractivity contribution in [3.05, 3.63) is 0 Å². The van der Waals surface area contributed by atoms with Gasteiger partial charge in [0.1, 0.15) is 11.6 Å². The maximum Gasteiger partial charge on any atom is 0.329 e. The molecule has 0 radical (unpaired) electrons. The van der Waals surface area contributed by atoms with Gasteiger partial charge in [-0.05, 0) is 52.4 Å². The summed E-state index contributed by atoms with van der Waals surface area (Å²) >= 11 is 0. The van der Waals surface area contributed by atoms with E-state index in [4.69, 9.17) is 4.74 Å². The van der Waals surface area contributed by atoms with Gasteiger partial charge in [0.25, 0.3) is 0 Å². The number of nitrogens with zero attached hydrogens (tertiary/aromatic N) is 1. The fourth-order valence-corrected chi connectivity index (χ4v) is 3.26. The van der Waals surface area contributed by atoms with Crippen LogP contribution in [0.15, 0.2) is 0 Å². The Kier molecular flexibility index (Phi) is 4.71. The first-order chi connectivity index (χ1) is 9.37. The molecule has 4 nitrogen and oxygen atoms in total. The molecule has 0 N–H and O–H groups in total. The Morgan fingerprint density at radius 2 is 1.75 bits per heavy atom. The van der Waals surface area contributed by atoms with Crippen LogP contribution in [-0.2, 0) is 14.3 Å². The van der Waals surface area contributed by atoms with Crippen molar-refractivity contribution in [2.75, 3.05) is 6.54 Å². The molecule has 20 heavy (non-hydrogen) atoms. The fraction of sp³-hybridized carbons (Fsp3) is 0.875. The summed E-state index contributed by atoms with van der Waals surface area (Å²) in [4.78, 5) is 26.4. The molecule has 0 aromatic rings. The Morgan fingerprint density at radius 1 is 1.10 bits per heavy atom. The van der Waals surface area contributed by atoms with Crippen molar-refractivity contribution >= 4 is 11.9 Å². The molecule has 1 heterocycles. The summed E-state index contributed by atoms with van der Waals surface area (Å²) in [7, 11) is 0. The molecular weight excluding hydrogens is 254 g/mol. The van der Waals surface area contributed by atoms with Crippen LogP contribution in [0, 0.1) is 5.92 Å². The van der Waals surface area contributed by atoms with Crippen LogP contribution < -0.4 is 0 Å². The number of likely N-dealkylation sites (tertiary alicyclic amines) is 1. The lowest BCUT2D eigenvalue weighted by Gasteiger charge is -2.28. The molecule has 1 saturated heterocycles. The number of carbonyl (C=O) groups is 2. The van der Waals surface area contributed by atoms with Gasteiger partial charge in [0.05, 0.1) is 0 Å². The third-order valence-electron chi connectivity index (χ3n) is 4.19. The fourth-order valence-electron chi connectivity index (χ4n) is 3.26. The molecule has 2 fully saturated rings. The van der Waals surface area contributed by atoms with E-state index in [9.17, 15) is 9.59 Å². The third-order valence-corrected chi connectivity index (χ3v) is 4.19. The lowest BCUT2D eigenvalue weighted by Crippen LogP contribution is -2.43. The Morgan fingerprint density at radius 3 is 2.35 bits per heavy atom. The molecule has 1 aliphatic carbocycles. The van der Waals surface area contributed by atoms with E-state index in [1.165, 1.54) is 12.8 Å². The summed E-state index contributed by atoms with van der Waals surface area (Å²) in [6.07, 6.45) is 7.07. The highest BCUT2D eigenvalue weighted by Crippen LogP contribution is 2.30. The van der Waals surface area contributed by atoms with Crippen LogP contribution in [0.4, 0.5) is 0 Å². The van der Waals surface area contributed by atoms with Gasteiger partial charge in [0, 0.05) is 13.0 Å². The Balaban J connectivity index is 1.92. The molecule has 0 spiro atoms. The third kappa shape index (κ3) is 3.97. The number of hydrogen-bond acceptors (Lipinski definition) is 3. The molecule has 1 atom stereocenters. The van der Waals surface area contributed by atoms with Crippen LogP contribution in [0.25, 0.3) is 0 Å². The number of rotatable bonds is 3. The molecule has 0 unspecified atom stereocenters. The molecule has 2 aliphatic rings. The zero-order valence-electron chi connectivity index (χ0n) is 13.0. The predicted molar refractivity (Wildman–Crippen MR) is 77.2 cm³/mol. The van der Waals surface area contributed by atoms with Crippen molar-refractivity contribution in [3.63, 3.8) is 0 Å². The lowest BCUT2D eigenvalue weighted by molar-refractivity contribution is -0.163. The highest BCUT2D eigenvalue weighted by molar-refractivity contribution is 5.85. The minimum atomic E-state index is -0.486. The topological polar surface area (TPSA) is 46.6 Å². The summed E-state index contributed by atoms with van der Waals surface area (Å²) < 4.78 is 5.44. The highest BCUT2D eigenvalue weighted by Gasteiger charge is 2.37. The maximum absolute atomic E-state index is 12.4. The smallest absolute Gasteiger partial charge is 0.329 e. The van der Waals surface area contributed by atoms with Gasteiger partial charge in [0.2, 0.25) is 5.91 Å². The van der Waals surface area contributed by atoms with E-state index < -0.39 is 5.60 Å². The van der Waals surface area contributed by atoms with E-state index in [-0.39, 0.29) is 17.9 Å². The van der Waals surface area contributed by atoms with Gasteiger partial charge < -0.3 is 9.64 Å². The molecule has 0 aromatic heterocycles. The van der Waals surface area contributed by atoms with Gasteiger partial charge in [0.15, 0.2) is 0 Å². The van der Waals surface area contributed by atoms with Crippen LogP contribution in [0.5, 0.6) is 0 Å². The lowest BCUT2D eigenvalue weighted by atomic mass is 10.0. The molecule has 4 heteroatoms. The first-order valence-electron chi connectivity index (χ1n) is 7.89. The van der Waals surface area contributed by atoms with Gasteiger partial charge in [-0.25, -0.2) is 4.79 Å². The van der Waals surface area contributed by atoms with Crippen LogP contribution >= 0.6 is 0 Å². The Bertz CT molecular complexity index is 366.